The molecular formula is C39H31ClN2. The normalized spacial score (nSPS) is 12.8. The monoisotopic (exact) mass is 562 g/mol. The Labute approximate surface area is 253 Å². The molecule has 0 amide bonds. The lowest BCUT2D eigenvalue weighted by atomic mass is 9.82. The number of halogens is 1. The highest BCUT2D eigenvalue weighted by Gasteiger charge is 2.35. The Bertz CT molecular complexity index is 1840. The van der Waals surface area contributed by atoms with Crippen LogP contribution in [0, 0.1) is 0 Å². The van der Waals surface area contributed by atoms with Gasteiger partial charge in [-0.2, -0.15) is 0 Å². The van der Waals surface area contributed by atoms with Gasteiger partial charge in [0.25, 0.3) is 0 Å². The molecule has 0 radical (unpaired) electrons. The molecule has 204 valence electrons. The molecule has 6 aromatic rings. The van der Waals surface area contributed by atoms with E-state index in [2.05, 4.69) is 157 Å². The van der Waals surface area contributed by atoms with Crippen molar-refractivity contribution in [1.29, 1.82) is 0 Å². The highest BCUT2D eigenvalue weighted by atomic mass is 35.5. The lowest BCUT2D eigenvalue weighted by Gasteiger charge is -2.30. The summed E-state index contributed by atoms with van der Waals surface area (Å²) in [4.78, 5) is 4.60. The molecule has 0 spiro atoms. The third kappa shape index (κ3) is 4.55. The standard InChI is InChI=1S/C39H31ClN2/c1-39(2)37-22-10-9-21-35(37)36-27-34(23-24-38(36)39)42(31-18-11-13-28(40)25-31)33-20-12-19-32(26-33)41(29-14-5-3-6-15-29)30-16-7-4-8-17-30/h3-27H,1-2H3. The molecule has 0 unspecified atom stereocenters. The Kier molecular flexibility index (Phi) is 6.57. The quantitative estimate of drug-likeness (QED) is 0.199. The summed E-state index contributed by atoms with van der Waals surface area (Å²) in [5, 5.41) is 0.705. The largest absolute Gasteiger partial charge is 0.310 e. The lowest BCUT2D eigenvalue weighted by Crippen LogP contribution is -2.15. The minimum absolute atomic E-state index is 0.0445. The fraction of sp³-hybridized carbons (Fsp3) is 0.0769. The Balaban J connectivity index is 1.40. The van der Waals surface area contributed by atoms with Crippen molar-refractivity contribution in [3.8, 4) is 11.1 Å². The van der Waals surface area contributed by atoms with Gasteiger partial charge in [-0.3, -0.25) is 0 Å². The van der Waals surface area contributed by atoms with E-state index in [1.165, 1.54) is 22.3 Å². The van der Waals surface area contributed by atoms with Crippen LogP contribution in [-0.4, -0.2) is 0 Å². The fourth-order valence-corrected chi connectivity index (χ4v) is 6.47. The van der Waals surface area contributed by atoms with Crippen LogP contribution in [0.5, 0.6) is 0 Å². The average Bonchev–Trinajstić information content (AvgIpc) is 3.25. The maximum Gasteiger partial charge on any atom is 0.0482 e. The second-order valence-electron chi connectivity index (χ2n) is 11.2. The van der Waals surface area contributed by atoms with Crippen LogP contribution in [0.1, 0.15) is 25.0 Å². The summed E-state index contributed by atoms with van der Waals surface area (Å²) in [7, 11) is 0. The smallest absolute Gasteiger partial charge is 0.0482 e. The highest BCUT2D eigenvalue weighted by molar-refractivity contribution is 6.30. The second-order valence-corrected chi connectivity index (χ2v) is 11.7. The number of benzene rings is 6. The van der Waals surface area contributed by atoms with Gasteiger partial charge in [-0.05, 0) is 95.1 Å². The van der Waals surface area contributed by atoms with Gasteiger partial charge >= 0.3 is 0 Å². The van der Waals surface area contributed by atoms with Crippen molar-refractivity contribution in [1.82, 2.24) is 0 Å². The van der Waals surface area contributed by atoms with Gasteiger partial charge in [-0.15, -0.1) is 0 Å². The maximum absolute atomic E-state index is 6.57. The Morgan fingerprint density at radius 2 is 0.881 bits per heavy atom. The number of fused-ring (bicyclic) bond motifs is 3. The zero-order valence-electron chi connectivity index (χ0n) is 23.7. The van der Waals surface area contributed by atoms with Gasteiger partial charge in [-0.1, -0.05) is 104 Å². The molecule has 0 saturated heterocycles. The molecule has 0 N–H and O–H groups in total. The topological polar surface area (TPSA) is 6.48 Å². The number of hydrogen-bond donors (Lipinski definition) is 0. The first-order valence-electron chi connectivity index (χ1n) is 14.3. The molecule has 0 heterocycles. The molecule has 3 heteroatoms. The number of rotatable bonds is 6. The summed E-state index contributed by atoms with van der Waals surface area (Å²) < 4.78 is 0. The summed E-state index contributed by atoms with van der Waals surface area (Å²) in [5.74, 6) is 0. The molecule has 0 aromatic heterocycles. The Morgan fingerprint density at radius 3 is 1.52 bits per heavy atom. The molecule has 0 bridgehead atoms. The summed E-state index contributed by atoms with van der Waals surface area (Å²) in [6, 6.07) is 53.5. The Hall–Kier alpha value is -4.79. The van der Waals surface area contributed by atoms with Crippen LogP contribution >= 0.6 is 11.6 Å². The molecular weight excluding hydrogens is 532 g/mol. The van der Waals surface area contributed by atoms with Gasteiger partial charge in [0.1, 0.15) is 0 Å². The molecule has 7 rings (SSSR count). The Morgan fingerprint density at radius 1 is 0.405 bits per heavy atom. The van der Waals surface area contributed by atoms with Crippen LogP contribution in [0.2, 0.25) is 5.02 Å². The zero-order chi connectivity index (χ0) is 28.7. The van der Waals surface area contributed by atoms with Gasteiger partial charge in [0, 0.05) is 44.6 Å². The van der Waals surface area contributed by atoms with Crippen molar-refractivity contribution in [2.45, 2.75) is 19.3 Å². The highest BCUT2D eigenvalue weighted by Crippen LogP contribution is 2.51. The number of para-hydroxylation sites is 2. The molecule has 0 aliphatic heterocycles. The number of hydrogen-bond acceptors (Lipinski definition) is 2. The van der Waals surface area contributed by atoms with Gasteiger partial charge in [-0.25, -0.2) is 0 Å². The molecule has 0 atom stereocenters. The fourth-order valence-electron chi connectivity index (χ4n) is 6.28. The van der Waals surface area contributed by atoms with Gasteiger partial charge < -0.3 is 9.80 Å². The zero-order valence-corrected chi connectivity index (χ0v) is 24.5. The van der Waals surface area contributed by atoms with E-state index in [-0.39, 0.29) is 5.41 Å². The van der Waals surface area contributed by atoms with Crippen molar-refractivity contribution in [2.24, 2.45) is 0 Å². The number of nitrogens with zero attached hydrogens (tertiary/aromatic N) is 2. The third-order valence-corrected chi connectivity index (χ3v) is 8.50. The minimum Gasteiger partial charge on any atom is -0.310 e. The summed E-state index contributed by atoms with van der Waals surface area (Å²) in [6.45, 7) is 4.63. The molecule has 42 heavy (non-hydrogen) atoms. The van der Waals surface area contributed by atoms with Crippen LogP contribution in [0.15, 0.2) is 152 Å². The van der Waals surface area contributed by atoms with E-state index >= 15 is 0 Å². The van der Waals surface area contributed by atoms with Crippen molar-refractivity contribution < 1.29 is 0 Å². The van der Waals surface area contributed by atoms with Crippen LogP contribution in [0.4, 0.5) is 34.1 Å². The van der Waals surface area contributed by atoms with Crippen LogP contribution in [0.3, 0.4) is 0 Å². The van der Waals surface area contributed by atoms with Gasteiger partial charge in [0.05, 0.1) is 0 Å². The van der Waals surface area contributed by atoms with E-state index < -0.39 is 0 Å². The molecule has 1 aliphatic rings. The summed E-state index contributed by atoms with van der Waals surface area (Å²) in [5.41, 5.74) is 11.7. The first kappa shape index (κ1) is 26.1. The molecule has 0 fully saturated rings. The van der Waals surface area contributed by atoms with Crippen molar-refractivity contribution in [2.75, 3.05) is 9.80 Å². The maximum atomic E-state index is 6.57. The third-order valence-electron chi connectivity index (χ3n) is 8.27. The molecule has 1 aliphatic carbocycles. The van der Waals surface area contributed by atoms with E-state index in [0.717, 1.165) is 34.1 Å². The van der Waals surface area contributed by atoms with E-state index in [1.54, 1.807) is 0 Å². The summed E-state index contributed by atoms with van der Waals surface area (Å²) >= 11 is 6.57. The summed E-state index contributed by atoms with van der Waals surface area (Å²) in [6.07, 6.45) is 0. The average molecular weight is 563 g/mol. The minimum atomic E-state index is -0.0445. The predicted molar refractivity (Wildman–Crippen MR) is 178 cm³/mol. The van der Waals surface area contributed by atoms with Gasteiger partial charge in [0.2, 0.25) is 0 Å². The van der Waals surface area contributed by atoms with Crippen LogP contribution < -0.4 is 9.80 Å². The number of anilines is 6. The van der Waals surface area contributed by atoms with E-state index in [0.29, 0.717) is 5.02 Å². The molecule has 6 aromatic carbocycles. The van der Waals surface area contributed by atoms with Gasteiger partial charge in [0.15, 0.2) is 0 Å². The first-order valence-corrected chi connectivity index (χ1v) is 14.7. The first-order chi connectivity index (χ1) is 20.5. The lowest BCUT2D eigenvalue weighted by molar-refractivity contribution is 0.660. The van der Waals surface area contributed by atoms with E-state index in [9.17, 15) is 0 Å². The second kappa shape index (κ2) is 10.6. The SMILES string of the molecule is CC1(C)c2ccccc2-c2cc(N(c3cccc(Cl)c3)c3cccc(N(c4ccccc4)c4ccccc4)c3)ccc21. The van der Waals surface area contributed by atoms with Crippen molar-refractivity contribution >= 4 is 45.7 Å². The van der Waals surface area contributed by atoms with Crippen molar-refractivity contribution in [3.63, 3.8) is 0 Å². The van der Waals surface area contributed by atoms with E-state index in [1.807, 2.05) is 18.2 Å². The predicted octanol–water partition coefficient (Wildman–Crippen LogP) is 11.6. The van der Waals surface area contributed by atoms with Crippen LogP contribution in [-0.2, 0) is 5.41 Å². The van der Waals surface area contributed by atoms with Crippen molar-refractivity contribution in [3.05, 3.63) is 168 Å². The molecule has 0 saturated carbocycles. The van der Waals surface area contributed by atoms with E-state index in [4.69, 9.17) is 11.6 Å². The molecule has 2 nitrogen and oxygen atoms in total. The van der Waals surface area contributed by atoms with Crippen LogP contribution in [0.25, 0.3) is 11.1 Å².